The van der Waals surface area contributed by atoms with Crippen molar-refractivity contribution >= 4 is 63.2 Å². The maximum atomic E-state index is 11.0. The second-order valence-corrected chi connectivity index (χ2v) is 5.08. The van der Waals surface area contributed by atoms with Gasteiger partial charge in [-0.05, 0) is 23.7 Å². The van der Waals surface area contributed by atoms with E-state index in [1.165, 1.54) is 0 Å². The predicted octanol–water partition coefficient (Wildman–Crippen LogP) is 3.44. The summed E-state index contributed by atoms with van der Waals surface area (Å²) in [7, 11) is 0. The molecule has 0 radical (unpaired) electrons. The molecule has 11 heteroatoms. The number of rotatable bonds is 3. The molecule has 1 N–H and O–H groups in total. The van der Waals surface area contributed by atoms with E-state index in [0.29, 0.717) is 21.7 Å². The number of benzene rings is 1. The first-order chi connectivity index (χ1) is 10.1. The van der Waals surface area contributed by atoms with E-state index < -0.39 is 4.92 Å². The lowest BCUT2D eigenvalue weighted by atomic mass is 10.2. The molecule has 0 saturated heterocycles. The molecule has 1 aromatic carbocycles. The molecular weight excluding hydrogens is 339 g/mol. The van der Waals surface area contributed by atoms with Crippen LogP contribution < -0.4 is 5.32 Å². The number of hydrogen-bond donors (Lipinski definition) is 1. The van der Waals surface area contributed by atoms with Gasteiger partial charge >= 0.3 is 5.69 Å². The van der Waals surface area contributed by atoms with Crippen molar-refractivity contribution in [2.45, 2.75) is 0 Å². The van der Waals surface area contributed by atoms with Crippen molar-refractivity contribution in [1.82, 2.24) is 18.7 Å². The van der Waals surface area contributed by atoms with E-state index in [0.717, 1.165) is 17.9 Å². The van der Waals surface area contributed by atoms with Crippen LogP contribution in [0.5, 0.6) is 0 Å². The first-order valence-electron chi connectivity index (χ1n) is 5.41. The minimum absolute atomic E-state index is 0.0672. The van der Waals surface area contributed by atoms with Crippen molar-refractivity contribution in [1.29, 1.82) is 0 Å². The molecule has 21 heavy (non-hydrogen) atoms. The number of nitrogens with zero attached hydrogens (tertiary/aromatic N) is 5. The lowest BCUT2D eigenvalue weighted by Gasteiger charge is -2.08. The Kier molecular flexibility index (Phi) is 3.53. The van der Waals surface area contributed by atoms with Crippen molar-refractivity contribution in [3.8, 4) is 0 Å². The highest BCUT2D eigenvalue weighted by Crippen LogP contribution is 2.34. The highest BCUT2D eigenvalue weighted by molar-refractivity contribution is 7.00. The summed E-state index contributed by atoms with van der Waals surface area (Å²) in [5.41, 5.74) is 1.17. The average Bonchev–Trinajstić information content (AvgIpc) is 2.90. The number of anilines is 2. The molecule has 0 spiro atoms. The van der Waals surface area contributed by atoms with Gasteiger partial charge in [0.2, 0.25) is 11.1 Å². The monoisotopic (exact) mass is 342 g/mol. The van der Waals surface area contributed by atoms with Crippen LogP contribution in [0.3, 0.4) is 0 Å². The molecule has 0 saturated carbocycles. The van der Waals surface area contributed by atoms with Gasteiger partial charge in [-0.25, -0.2) is 4.98 Å². The third-order valence-corrected chi connectivity index (χ3v) is 3.60. The maximum Gasteiger partial charge on any atom is 0.329 e. The second-order valence-electron chi connectivity index (χ2n) is 3.81. The predicted molar refractivity (Wildman–Crippen MR) is 79.4 cm³/mol. The molecule has 0 fully saturated rings. The number of hydrogen-bond acceptors (Lipinski definition) is 8. The SMILES string of the molecule is O=[N+]([O-])c1cnc(Cl)nc1Nc1c(Cl)ccc2nsnc12. The largest absolute Gasteiger partial charge is 0.331 e. The maximum absolute atomic E-state index is 11.0. The van der Waals surface area contributed by atoms with E-state index in [1.54, 1.807) is 12.1 Å². The Balaban J connectivity index is 2.14. The highest BCUT2D eigenvalue weighted by atomic mass is 35.5. The molecule has 106 valence electrons. The first kappa shape index (κ1) is 13.9. The third kappa shape index (κ3) is 2.58. The normalized spacial score (nSPS) is 10.8. The first-order valence-corrected chi connectivity index (χ1v) is 6.89. The summed E-state index contributed by atoms with van der Waals surface area (Å²) >= 11 is 12.8. The van der Waals surface area contributed by atoms with Gasteiger partial charge in [-0.2, -0.15) is 13.7 Å². The topological polar surface area (TPSA) is 107 Å². The van der Waals surface area contributed by atoms with Crippen LogP contribution >= 0.6 is 34.9 Å². The van der Waals surface area contributed by atoms with Crippen LogP contribution in [-0.2, 0) is 0 Å². The molecule has 3 rings (SSSR count). The number of aromatic nitrogens is 4. The Morgan fingerprint density at radius 3 is 2.86 bits per heavy atom. The van der Waals surface area contributed by atoms with E-state index in [1.807, 2.05) is 0 Å². The highest BCUT2D eigenvalue weighted by Gasteiger charge is 2.20. The quantitative estimate of drug-likeness (QED) is 0.441. The molecule has 2 heterocycles. The summed E-state index contributed by atoms with van der Waals surface area (Å²) in [5.74, 6) is -0.0672. The molecule has 0 aliphatic rings. The zero-order chi connectivity index (χ0) is 15.0. The van der Waals surface area contributed by atoms with Crippen LogP contribution in [0.25, 0.3) is 11.0 Å². The fraction of sp³-hybridized carbons (Fsp3) is 0. The van der Waals surface area contributed by atoms with Crippen LogP contribution in [0.15, 0.2) is 18.3 Å². The van der Waals surface area contributed by atoms with E-state index in [9.17, 15) is 10.1 Å². The van der Waals surface area contributed by atoms with Gasteiger partial charge in [0.1, 0.15) is 17.2 Å². The molecule has 0 aliphatic carbocycles. The van der Waals surface area contributed by atoms with Crippen molar-refractivity contribution in [2.24, 2.45) is 0 Å². The van der Waals surface area contributed by atoms with Crippen LogP contribution in [0.4, 0.5) is 17.2 Å². The van der Waals surface area contributed by atoms with Gasteiger partial charge in [-0.3, -0.25) is 10.1 Å². The van der Waals surface area contributed by atoms with E-state index in [4.69, 9.17) is 23.2 Å². The van der Waals surface area contributed by atoms with Gasteiger partial charge in [-0.1, -0.05) is 11.6 Å². The summed E-state index contributed by atoms with van der Waals surface area (Å²) in [6, 6.07) is 3.32. The van der Waals surface area contributed by atoms with Crippen LogP contribution in [0.1, 0.15) is 0 Å². The summed E-state index contributed by atoms with van der Waals surface area (Å²) in [4.78, 5) is 17.8. The van der Waals surface area contributed by atoms with Gasteiger partial charge in [0, 0.05) is 0 Å². The molecule has 2 aromatic heterocycles. The zero-order valence-corrected chi connectivity index (χ0v) is 12.3. The van der Waals surface area contributed by atoms with Gasteiger partial charge in [0.15, 0.2) is 0 Å². The summed E-state index contributed by atoms with van der Waals surface area (Å²) in [6.07, 6.45) is 1.02. The zero-order valence-electron chi connectivity index (χ0n) is 9.95. The van der Waals surface area contributed by atoms with Gasteiger partial charge in [0.25, 0.3) is 0 Å². The second kappa shape index (κ2) is 5.35. The summed E-state index contributed by atoms with van der Waals surface area (Å²) in [5, 5.41) is 14.0. The summed E-state index contributed by atoms with van der Waals surface area (Å²) in [6.45, 7) is 0. The fourth-order valence-corrected chi connectivity index (χ4v) is 2.52. The average molecular weight is 343 g/mol. The summed E-state index contributed by atoms with van der Waals surface area (Å²) < 4.78 is 8.19. The standard InChI is InChI=1S/C10H4Cl2N6O2S/c11-4-1-2-5-8(17-21-16-5)7(4)14-9-6(18(19)20)3-13-10(12)15-9/h1-3H,(H,13,14,15). The molecule has 0 amide bonds. The third-order valence-electron chi connectivity index (χ3n) is 2.56. The van der Waals surface area contributed by atoms with Crippen molar-refractivity contribution in [3.63, 3.8) is 0 Å². The van der Waals surface area contributed by atoms with E-state index >= 15 is 0 Å². The Bertz CT molecular complexity index is 855. The molecule has 0 aliphatic heterocycles. The lowest BCUT2D eigenvalue weighted by Crippen LogP contribution is -2.02. The molecule has 0 unspecified atom stereocenters. The van der Waals surface area contributed by atoms with Gasteiger partial charge in [0.05, 0.1) is 27.4 Å². The number of fused-ring (bicyclic) bond motifs is 1. The Morgan fingerprint density at radius 2 is 2.10 bits per heavy atom. The molecule has 0 bridgehead atoms. The molecule has 0 atom stereocenters. The Hall–Kier alpha value is -2.10. The number of nitrogens with one attached hydrogen (secondary N) is 1. The van der Waals surface area contributed by atoms with Crippen LogP contribution in [0, 0.1) is 10.1 Å². The minimum Gasteiger partial charge on any atom is -0.331 e. The van der Waals surface area contributed by atoms with Crippen LogP contribution in [-0.4, -0.2) is 23.6 Å². The molecular formula is C10H4Cl2N6O2S. The Morgan fingerprint density at radius 1 is 1.29 bits per heavy atom. The Labute approximate surface area is 131 Å². The van der Waals surface area contributed by atoms with E-state index in [-0.39, 0.29) is 16.8 Å². The van der Waals surface area contributed by atoms with Gasteiger partial charge < -0.3 is 5.32 Å². The van der Waals surface area contributed by atoms with Crippen LogP contribution in [0.2, 0.25) is 10.3 Å². The molecule has 8 nitrogen and oxygen atoms in total. The number of halogens is 2. The lowest BCUT2D eigenvalue weighted by molar-refractivity contribution is -0.384. The number of nitro groups is 1. The minimum atomic E-state index is -0.619. The van der Waals surface area contributed by atoms with Crippen molar-refractivity contribution < 1.29 is 4.92 Å². The van der Waals surface area contributed by atoms with Gasteiger partial charge in [-0.15, -0.1) is 0 Å². The van der Waals surface area contributed by atoms with Crippen molar-refractivity contribution in [3.05, 3.63) is 38.8 Å². The van der Waals surface area contributed by atoms with E-state index in [2.05, 4.69) is 24.0 Å². The smallest absolute Gasteiger partial charge is 0.329 e. The van der Waals surface area contributed by atoms with Crippen molar-refractivity contribution in [2.75, 3.05) is 5.32 Å². The molecule has 3 aromatic rings. The fourth-order valence-electron chi connectivity index (χ4n) is 1.64.